The van der Waals surface area contributed by atoms with Gasteiger partial charge in [-0.25, -0.2) is 19.9 Å². The van der Waals surface area contributed by atoms with Crippen LogP contribution in [0.1, 0.15) is 35.9 Å². The molecule has 1 N–H and O–H groups in total. The highest BCUT2D eigenvalue weighted by Gasteiger charge is 2.34. The largest absolute Gasteiger partial charge is 0.319 e. The molecule has 5 nitrogen and oxygen atoms in total. The lowest BCUT2D eigenvalue weighted by Gasteiger charge is -2.36. The molecular formula is C27H28Cl3N5S. The summed E-state index contributed by atoms with van der Waals surface area (Å²) in [6.45, 7) is 0.965. The van der Waals surface area contributed by atoms with Crippen molar-refractivity contribution in [3.8, 4) is 0 Å². The normalized spacial score (nSPS) is 16.0. The van der Waals surface area contributed by atoms with E-state index < -0.39 is 0 Å². The predicted octanol–water partition coefficient (Wildman–Crippen LogP) is 7.57. The highest BCUT2D eigenvalue weighted by molar-refractivity contribution is 7.99. The molecule has 0 aliphatic heterocycles. The van der Waals surface area contributed by atoms with Crippen molar-refractivity contribution >= 4 is 46.6 Å². The molecule has 0 saturated heterocycles. The predicted molar refractivity (Wildman–Crippen MR) is 151 cm³/mol. The van der Waals surface area contributed by atoms with Crippen molar-refractivity contribution < 1.29 is 0 Å². The highest BCUT2D eigenvalue weighted by Crippen LogP contribution is 2.48. The van der Waals surface area contributed by atoms with Gasteiger partial charge >= 0.3 is 0 Å². The van der Waals surface area contributed by atoms with Crippen molar-refractivity contribution in [3.63, 3.8) is 0 Å². The van der Waals surface area contributed by atoms with E-state index in [1.165, 1.54) is 12.0 Å². The van der Waals surface area contributed by atoms with Gasteiger partial charge in [0.25, 0.3) is 0 Å². The number of aromatic nitrogens is 4. The molecule has 9 heteroatoms. The van der Waals surface area contributed by atoms with Crippen LogP contribution in [0.5, 0.6) is 0 Å². The summed E-state index contributed by atoms with van der Waals surface area (Å²) in [6, 6.07) is 26.2. The molecule has 2 heterocycles. The van der Waals surface area contributed by atoms with Gasteiger partial charge in [-0.15, -0.1) is 11.8 Å². The maximum atomic E-state index is 5.93. The molecule has 5 rings (SSSR count). The SMILES string of the molecule is CNCCSc1ccnc(Cl)n1.Clc1cc(C2CCC2c2ccccc2)nc(Cl)n1.c1ccccc1. The van der Waals surface area contributed by atoms with Crippen LogP contribution in [0.2, 0.25) is 15.7 Å². The average Bonchev–Trinajstić information content (AvgIpc) is 2.86. The summed E-state index contributed by atoms with van der Waals surface area (Å²) in [5.41, 5.74) is 2.32. The van der Waals surface area contributed by atoms with Crippen LogP contribution >= 0.6 is 46.6 Å². The molecule has 36 heavy (non-hydrogen) atoms. The fourth-order valence-electron chi connectivity index (χ4n) is 3.59. The molecule has 4 aromatic rings. The first-order valence-corrected chi connectivity index (χ1v) is 13.7. The lowest BCUT2D eigenvalue weighted by Crippen LogP contribution is -2.23. The van der Waals surface area contributed by atoms with Crippen molar-refractivity contribution in [3.05, 3.63) is 112 Å². The molecule has 0 radical (unpaired) electrons. The number of halogens is 3. The summed E-state index contributed by atoms with van der Waals surface area (Å²) < 4.78 is 0. The maximum absolute atomic E-state index is 5.93. The number of benzene rings is 2. The second-order valence-electron chi connectivity index (χ2n) is 7.86. The molecule has 0 bridgehead atoms. The first-order valence-electron chi connectivity index (χ1n) is 11.6. The third kappa shape index (κ3) is 9.68. The number of hydrogen-bond acceptors (Lipinski definition) is 6. The van der Waals surface area contributed by atoms with Crippen LogP contribution in [-0.4, -0.2) is 39.3 Å². The lowest BCUT2D eigenvalue weighted by atomic mass is 9.68. The van der Waals surface area contributed by atoms with E-state index in [2.05, 4.69) is 49.5 Å². The third-order valence-corrected chi connectivity index (χ3v) is 6.91. The van der Waals surface area contributed by atoms with Gasteiger partial charge in [0.05, 0.1) is 5.69 Å². The average molecular weight is 561 g/mol. The Bertz CT molecular complexity index is 1120. The van der Waals surface area contributed by atoms with Gasteiger partial charge in [-0.1, -0.05) is 78.3 Å². The van der Waals surface area contributed by atoms with Gasteiger partial charge in [0.1, 0.15) is 10.2 Å². The minimum atomic E-state index is 0.233. The van der Waals surface area contributed by atoms with Crippen molar-refractivity contribution in [2.45, 2.75) is 29.7 Å². The van der Waals surface area contributed by atoms with Crippen LogP contribution in [0.3, 0.4) is 0 Å². The molecule has 0 spiro atoms. The zero-order valence-corrected chi connectivity index (χ0v) is 23.0. The van der Waals surface area contributed by atoms with Crippen molar-refractivity contribution in [1.29, 1.82) is 0 Å². The fraction of sp³-hybridized carbons (Fsp3) is 0.259. The van der Waals surface area contributed by atoms with E-state index in [0.29, 0.717) is 22.3 Å². The summed E-state index contributed by atoms with van der Waals surface area (Å²) >= 11 is 19.1. The molecule has 1 aliphatic carbocycles. The Labute approximate surface area is 232 Å². The topological polar surface area (TPSA) is 63.6 Å². The summed E-state index contributed by atoms with van der Waals surface area (Å²) in [5.74, 6) is 1.92. The maximum Gasteiger partial charge on any atom is 0.224 e. The Hall–Kier alpha value is -2.22. The van der Waals surface area contributed by atoms with E-state index in [-0.39, 0.29) is 5.28 Å². The minimum absolute atomic E-state index is 0.233. The smallest absolute Gasteiger partial charge is 0.224 e. The van der Waals surface area contributed by atoms with Crippen molar-refractivity contribution in [1.82, 2.24) is 25.3 Å². The summed E-state index contributed by atoms with van der Waals surface area (Å²) in [7, 11) is 1.92. The Morgan fingerprint density at radius 1 is 0.806 bits per heavy atom. The second kappa shape index (κ2) is 15.8. The van der Waals surface area contributed by atoms with E-state index >= 15 is 0 Å². The molecule has 188 valence electrons. The number of hydrogen-bond donors (Lipinski definition) is 1. The molecule has 2 unspecified atom stereocenters. The standard InChI is InChI=1S/C14H12Cl2N2.C7H10ClN3S.C6H6/c15-13-8-12(17-14(16)18-13)11-7-6-10(11)9-4-2-1-3-5-9;1-9-4-5-12-6-2-3-10-7(8)11-6;1-2-4-6-5-3-1/h1-5,8,10-11H,6-7H2;2-3,9H,4-5H2,1H3;1-6H. The van der Waals surface area contributed by atoms with Crippen LogP contribution in [0.15, 0.2) is 90.1 Å². The van der Waals surface area contributed by atoms with Gasteiger partial charge in [-0.2, -0.15) is 0 Å². The fourth-order valence-corrected chi connectivity index (χ4v) is 5.04. The Kier molecular flexibility index (Phi) is 12.4. The van der Waals surface area contributed by atoms with Crippen LogP contribution in [-0.2, 0) is 0 Å². The molecule has 1 aliphatic rings. The summed E-state index contributed by atoms with van der Waals surface area (Å²) in [6.07, 6.45) is 3.98. The minimum Gasteiger partial charge on any atom is -0.319 e. The van der Waals surface area contributed by atoms with Gasteiger partial charge in [0.15, 0.2) is 0 Å². The van der Waals surface area contributed by atoms with E-state index in [0.717, 1.165) is 29.4 Å². The molecule has 0 amide bonds. The van der Waals surface area contributed by atoms with E-state index in [9.17, 15) is 0 Å². The van der Waals surface area contributed by atoms with Crippen LogP contribution in [0.4, 0.5) is 0 Å². The van der Waals surface area contributed by atoms with Gasteiger partial charge in [-0.05, 0) is 66.7 Å². The van der Waals surface area contributed by atoms with Crippen molar-refractivity contribution in [2.75, 3.05) is 19.3 Å². The number of thioether (sulfide) groups is 1. The third-order valence-electron chi connectivity index (χ3n) is 5.44. The van der Waals surface area contributed by atoms with Gasteiger partial charge < -0.3 is 5.32 Å². The Morgan fingerprint density at radius 2 is 1.44 bits per heavy atom. The summed E-state index contributed by atoms with van der Waals surface area (Å²) in [5, 5.41) is 4.94. The molecule has 1 saturated carbocycles. The zero-order valence-electron chi connectivity index (χ0n) is 19.9. The molecule has 1 fully saturated rings. The Morgan fingerprint density at radius 3 is 2.00 bits per heavy atom. The van der Waals surface area contributed by atoms with Gasteiger partial charge in [0.2, 0.25) is 10.6 Å². The molecular weight excluding hydrogens is 533 g/mol. The van der Waals surface area contributed by atoms with E-state index in [1.807, 2.05) is 61.6 Å². The van der Waals surface area contributed by atoms with Gasteiger partial charge in [0, 0.05) is 24.4 Å². The quantitative estimate of drug-likeness (QED) is 0.114. The highest BCUT2D eigenvalue weighted by atomic mass is 35.5. The first kappa shape index (κ1) is 28.4. The monoisotopic (exact) mass is 559 g/mol. The number of rotatable bonds is 6. The molecule has 2 atom stereocenters. The number of nitrogens with zero attached hydrogens (tertiary/aromatic N) is 4. The molecule has 2 aromatic carbocycles. The molecule has 2 aromatic heterocycles. The zero-order chi connectivity index (χ0) is 25.6. The summed E-state index contributed by atoms with van der Waals surface area (Å²) in [4.78, 5) is 16.0. The van der Waals surface area contributed by atoms with E-state index in [4.69, 9.17) is 34.8 Å². The lowest BCUT2D eigenvalue weighted by molar-refractivity contribution is 0.339. The van der Waals surface area contributed by atoms with Crippen LogP contribution in [0.25, 0.3) is 0 Å². The first-order chi connectivity index (χ1) is 17.6. The Balaban J connectivity index is 0.000000172. The number of nitrogens with one attached hydrogen (secondary N) is 1. The second-order valence-corrected chi connectivity index (χ2v) is 10.0. The van der Waals surface area contributed by atoms with Crippen molar-refractivity contribution in [2.24, 2.45) is 0 Å². The van der Waals surface area contributed by atoms with Crippen LogP contribution in [0, 0.1) is 0 Å². The van der Waals surface area contributed by atoms with E-state index in [1.54, 1.807) is 18.0 Å². The van der Waals surface area contributed by atoms with Gasteiger partial charge in [-0.3, -0.25) is 0 Å². The van der Waals surface area contributed by atoms with Crippen LogP contribution < -0.4 is 5.32 Å².